The van der Waals surface area contributed by atoms with Gasteiger partial charge >= 0.3 is 5.97 Å². The number of hydrogen-bond acceptors (Lipinski definition) is 2. The third kappa shape index (κ3) is 7.73. The summed E-state index contributed by atoms with van der Waals surface area (Å²) in [7, 11) is 0. The van der Waals surface area contributed by atoms with Crippen LogP contribution in [0.25, 0.3) is 0 Å². The van der Waals surface area contributed by atoms with Gasteiger partial charge in [-0.1, -0.05) is 47.5 Å². The molecule has 0 aromatic rings. The molecule has 0 N–H and O–H groups in total. The monoisotopic (exact) mass is 256 g/mol. The lowest BCUT2D eigenvalue weighted by Crippen LogP contribution is -2.17. The van der Waals surface area contributed by atoms with Crippen LogP contribution in [0.3, 0.4) is 0 Å². The molecule has 2 heteroatoms. The minimum atomic E-state index is -0.0421. The van der Waals surface area contributed by atoms with Crippen LogP contribution in [0.1, 0.15) is 67.2 Å². The van der Waals surface area contributed by atoms with Gasteiger partial charge in [0.15, 0.2) is 0 Å². The third-order valence-electron chi connectivity index (χ3n) is 3.91. The molecule has 2 nitrogen and oxygen atoms in total. The zero-order chi connectivity index (χ0) is 14.1. The van der Waals surface area contributed by atoms with Gasteiger partial charge in [0, 0.05) is 0 Å². The number of rotatable bonds is 9. The molecule has 0 heterocycles. The SMILES string of the molecule is CCOC(=O)C(C)CCC(C)C(C)CCC(C)C. The summed E-state index contributed by atoms with van der Waals surface area (Å²) >= 11 is 0. The van der Waals surface area contributed by atoms with Crippen LogP contribution in [-0.4, -0.2) is 12.6 Å². The Hall–Kier alpha value is -0.530. The number of ether oxygens (including phenoxy) is 1. The molecule has 0 aliphatic rings. The van der Waals surface area contributed by atoms with Gasteiger partial charge in [-0.25, -0.2) is 0 Å². The fraction of sp³-hybridized carbons (Fsp3) is 0.938. The van der Waals surface area contributed by atoms with Crippen LogP contribution in [-0.2, 0) is 9.53 Å². The minimum Gasteiger partial charge on any atom is -0.466 e. The Bertz CT molecular complexity index is 223. The summed E-state index contributed by atoms with van der Waals surface area (Å²) in [5.74, 6) is 2.24. The number of carbonyl (C=O) groups excluding carboxylic acids is 1. The van der Waals surface area contributed by atoms with Crippen molar-refractivity contribution in [2.75, 3.05) is 6.61 Å². The predicted molar refractivity (Wildman–Crippen MR) is 77.4 cm³/mol. The van der Waals surface area contributed by atoms with Crippen molar-refractivity contribution in [1.82, 2.24) is 0 Å². The average molecular weight is 256 g/mol. The summed E-state index contributed by atoms with van der Waals surface area (Å²) in [5.41, 5.74) is 0. The maximum atomic E-state index is 11.5. The van der Waals surface area contributed by atoms with Crippen LogP contribution >= 0.6 is 0 Å². The molecule has 0 aromatic carbocycles. The van der Waals surface area contributed by atoms with Crippen molar-refractivity contribution in [3.05, 3.63) is 0 Å². The van der Waals surface area contributed by atoms with Gasteiger partial charge in [0.2, 0.25) is 0 Å². The highest BCUT2D eigenvalue weighted by atomic mass is 16.5. The standard InChI is InChI=1S/C16H32O2/c1-7-18-16(17)15(6)11-10-14(5)13(4)9-8-12(2)3/h12-15H,7-11H2,1-6H3. The van der Waals surface area contributed by atoms with E-state index < -0.39 is 0 Å². The van der Waals surface area contributed by atoms with Gasteiger partial charge in [-0.2, -0.15) is 0 Å². The van der Waals surface area contributed by atoms with Gasteiger partial charge in [0.25, 0.3) is 0 Å². The van der Waals surface area contributed by atoms with Crippen molar-refractivity contribution < 1.29 is 9.53 Å². The topological polar surface area (TPSA) is 26.3 Å². The zero-order valence-corrected chi connectivity index (χ0v) is 13.2. The molecule has 108 valence electrons. The summed E-state index contributed by atoms with van der Waals surface area (Å²) in [4.78, 5) is 11.5. The minimum absolute atomic E-state index is 0.0421. The molecule has 0 spiro atoms. The van der Waals surface area contributed by atoms with Gasteiger partial charge in [0.05, 0.1) is 12.5 Å². The second kappa shape index (κ2) is 9.41. The molecule has 0 aromatic heterocycles. The summed E-state index contributed by atoms with van der Waals surface area (Å²) < 4.78 is 5.04. The van der Waals surface area contributed by atoms with Crippen molar-refractivity contribution in [3.63, 3.8) is 0 Å². The first-order valence-corrected chi connectivity index (χ1v) is 7.55. The first-order valence-electron chi connectivity index (χ1n) is 7.55. The van der Waals surface area contributed by atoms with Crippen molar-refractivity contribution in [2.24, 2.45) is 23.7 Å². The summed E-state index contributed by atoms with van der Waals surface area (Å²) in [6.07, 6.45) is 4.68. The van der Waals surface area contributed by atoms with E-state index in [2.05, 4.69) is 27.7 Å². The average Bonchev–Trinajstić information content (AvgIpc) is 2.32. The molecule has 0 saturated heterocycles. The van der Waals surface area contributed by atoms with Crippen LogP contribution in [0.5, 0.6) is 0 Å². The van der Waals surface area contributed by atoms with E-state index in [1.807, 2.05) is 13.8 Å². The van der Waals surface area contributed by atoms with Gasteiger partial charge in [-0.15, -0.1) is 0 Å². The van der Waals surface area contributed by atoms with E-state index in [1.54, 1.807) is 0 Å². The molecule has 0 amide bonds. The molecule has 0 fully saturated rings. The van der Waals surface area contributed by atoms with Gasteiger partial charge in [0.1, 0.15) is 0 Å². The van der Waals surface area contributed by atoms with Crippen molar-refractivity contribution in [2.45, 2.75) is 67.2 Å². The lowest BCUT2D eigenvalue weighted by Gasteiger charge is -2.22. The lowest BCUT2D eigenvalue weighted by atomic mass is 9.85. The summed E-state index contributed by atoms with van der Waals surface area (Å²) in [6, 6.07) is 0. The highest BCUT2D eigenvalue weighted by Crippen LogP contribution is 2.25. The van der Waals surface area contributed by atoms with Crippen LogP contribution < -0.4 is 0 Å². The van der Waals surface area contributed by atoms with E-state index in [4.69, 9.17) is 4.74 Å². The molecule has 0 bridgehead atoms. The van der Waals surface area contributed by atoms with Gasteiger partial charge in [-0.05, 0) is 37.5 Å². The molecular weight excluding hydrogens is 224 g/mol. The van der Waals surface area contributed by atoms with Gasteiger partial charge < -0.3 is 4.74 Å². The zero-order valence-electron chi connectivity index (χ0n) is 13.2. The van der Waals surface area contributed by atoms with Crippen molar-refractivity contribution >= 4 is 5.97 Å². The van der Waals surface area contributed by atoms with E-state index in [1.165, 1.54) is 12.8 Å². The number of hydrogen-bond donors (Lipinski definition) is 0. The molecule has 0 radical (unpaired) electrons. The normalized spacial score (nSPS) is 16.4. The van der Waals surface area contributed by atoms with E-state index in [-0.39, 0.29) is 11.9 Å². The molecule has 0 rings (SSSR count). The van der Waals surface area contributed by atoms with E-state index in [0.29, 0.717) is 12.5 Å². The fourth-order valence-corrected chi connectivity index (χ4v) is 2.08. The largest absolute Gasteiger partial charge is 0.466 e. The Kier molecular flexibility index (Phi) is 9.13. The molecule has 3 atom stereocenters. The Morgan fingerprint density at radius 1 is 0.889 bits per heavy atom. The maximum Gasteiger partial charge on any atom is 0.308 e. The lowest BCUT2D eigenvalue weighted by molar-refractivity contribution is -0.147. The summed E-state index contributed by atoms with van der Waals surface area (Å²) in [5, 5.41) is 0. The maximum absolute atomic E-state index is 11.5. The quantitative estimate of drug-likeness (QED) is 0.560. The number of esters is 1. The molecule has 0 aliphatic heterocycles. The Morgan fingerprint density at radius 2 is 1.39 bits per heavy atom. The van der Waals surface area contributed by atoms with Crippen LogP contribution in [0.15, 0.2) is 0 Å². The Balaban J connectivity index is 3.86. The van der Waals surface area contributed by atoms with E-state index in [9.17, 15) is 4.79 Å². The molecule has 3 unspecified atom stereocenters. The molecular formula is C16H32O2. The third-order valence-corrected chi connectivity index (χ3v) is 3.91. The number of carbonyl (C=O) groups is 1. The Labute approximate surface area is 113 Å². The first kappa shape index (κ1) is 17.5. The first-order chi connectivity index (χ1) is 8.38. The molecule has 0 saturated carbocycles. The second-order valence-electron chi connectivity index (χ2n) is 6.16. The predicted octanol–water partition coefficient (Wildman–Crippen LogP) is 4.67. The van der Waals surface area contributed by atoms with E-state index in [0.717, 1.165) is 24.7 Å². The van der Waals surface area contributed by atoms with Crippen LogP contribution in [0.4, 0.5) is 0 Å². The fourth-order valence-electron chi connectivity index (χ4n) is 2.08. The molecule has 18 heavy (non-hydrogen) atoms. The second-order valence-corrected chi connectivity index (χ2v) is 6.16. The smallest absolute Gasteiger partial charge is 0.308 e. The van der Waals surface area contributed by atoms with E-state index >= 15 is 0 Å². The van der Waals surface area contributed by atoms with Gasteiger partial charge in [-0.3, -0.25) is 4.79 Å². The van der Waals surface area contributed by atoms with Crippen LogP contribution in [0.2, 0.25) is 0 Å². The Morgan fingerprint density at radius 3 is 1.83 bits per heavy atom. The highest BCUT2D eigenvalue weighted by molar-refractivity contribution is 5.71. The summed E-state index contributed by atoms with van der Waals surface area (Å²) in [6.45, 7) is 13.5. The highest BCUT2D eigenvalue weighted by Gasteiger charge is 2.18. The van der Waals surface area contributed by atoms with Crippen molar-refractivity contribution in [1.29, 1.82) is 0 Å². The van der Waals surface area contributed by atoms with Crippen LogP contribution in [0, 0.1) is 23.7 Å². The molecule has 0 aliphatic carbocycles. The van der Waals surface area contributed by atoms with Crippen molar-refractivity contribution in [3.8, 4) is 0 Å².